The number of nitrogens with zero attached hydrogens (tertiary/aromatic N) is 2. The van der Waals surface area contributed by atoms with Gasteiger partial charge >= 0.3 is 12.1 Å². The minimum absolute atomic E-state index is 0.00726. The van der Waals surface area contributed by atoms with E-state index >= 15 is 0 Å². The quantitative estimate of drug-likeness (QED) is 0.226. The van der Waals surface area contributed by atoms with Gasteiger partial charge in [0.25, 0.3) is 5.91 Å². The highest BCUT2D eigenvalue weighted by molar-refractivity contribution is 5.97. The summed E-state index contributed by atoms with van der Waals surface area (Å²) in [6, 6.07) is 7.53. The lowest BCUT2D eigenvalue weighted by Crippen LogP contribution is -2.48. The molecule has 12 nitrogen and oxygen atoms in total. The van der Waals surface area contributed by atoms with Crippen LogP contribution in [0, 0.1) is 0 Å². The number of alkyl carbamates (subject to hydrolysis) is 1. The number of aliphatic carboxylic acids is 1. The number of carboxylic acids is 1. The van der Waals surface area contributed by atoms with Crippen molar-refractivity contribution in [3.05, 3.63) is 71.5 Å². The molecule has 12 heteroatoms. The van der Waals surface area contributed by atoms with Gasteiger partial charge in [-0.3, -0.25) is 9.79 Å². The summed E-state index contributed by atoms with van der Waals surface area (Å²) in [6.45, 7) is 2.94. The van der Waals surface area contributed by atoms with Crippen molar-refractivity contribution in [1.82, 2.24) is 31.7 Å². The van der Waals surface area contributed by atoms with Crippen molar-refractivity contribution in [3.63, 3.8) is 0 Å². The van der Waals surface area contributed by atoms with E-state index in [-0.39, 0.29) is 19.2 Å². The van der Waals surface area contributed by atoms with E-state index in [1.165, 1.54) is 0 Å². The van der Waals surface area contributed by atoms with Crippen LogP contribution in [0.4, 0.5) is 4.79 Å². The van der Waals surface area contributed by atoms with Crippen molar-refractivity contribution in [2.75, 3.05) is 32.7 Å². The molecule has 0 radical (unpaired) electrons. The Morgan fingerprint density at radius 2 is 2.05 bits per heavy atom. The van der Waals surface area contributed by atoms with Crippen LogP contribution in [0.25, 0.3) is 0 Å². The molecular formula is C25H31N7O5. The van der Waals surface area contributed by atoms with Crippen LogP contribution >= 0.6 is 0 Å². The minimum atomic E-state index is -1.34. The second-order valence-electron chi connectivity index (χ2n) is 8.63. The molecule has 1 aliphatic carbocycles. The highest BCUT2D eigenvalue weighted by Crippen LogP contribution is 2.22. The van der Waals surface area contributed by atoms with Crippen LogP contribution in [0.15, 0.2) is 70.9 Å². The van der Waals surface area contributed by atoms with Crippen molar-refractivity contribution in [3.8, 4) is 0 Å². The summed E-state index contributed by atoms with van der Waals surface area (Å²) in [4.78, 5) is 40.6. The van der Waals surface area contributed by atoms with Gasteiger partial charge in [0.1, 0.15) is 12.6 Å². The first kappa shape index (κ1) is 25.8. The molecule has 1 aromatic carbocycles. The summed E-state index contributed by atoms with van der Waals surface area (Å²) in [5, 5.41) is 22.7. The highest BCUT2D eigenvalue weighted by atomic mass is 16.5. The van der Waals surface area contributed by atoms with Crippen LogP contribution in [0.5, 0.6) is 0 Å². The average molecular weight is 510 g/mol. The van der Waals surface area contributed by atoms with E-state index in [1.807, 2.05) is 23.4 Å². The fraction of sp³-hybridized carbons (Fsp3) is 0.360. The number of hydrazine groups is 1. The average Bonchev–Trinajstić information content (AvgIpc) is 3.57. The van der Waals surface area contributed by atoms with Gasteiger partial charge in [-0.15, -0.1) is 0 Å². The molecule has 4 rings (SSSR count). The molecule has 37 heavy (non-hydrogen) atoms. The Bertz CT molecular complexity index is 1120. The number of hydrogen-bond donors (Lipinski definition) is 6. The molecule has 0 aromatic heterocycles. The summed E-state index contributed by atoms with van der Waals surface area (Å²) in [5.74, 6) is -0.878. The van der Waals surface area contributed by atoms with Crippen molar-refractivity contribution in [1.29, 1.82) is 0 Å². The maximum Gasteiger partial charge on any atom is 0.408 e. The molecule has 196 valence electrons. The number of rotatable bonds is 11. The first-order chi connectivity index (χ1) is 18.0. The molecular weight excluding hydrogens is 478 g/mol. The van der Waals surface area contributed by atoms with Gasteiger partial charge in [-0.05, 0) is 29.7 Å². The van der Waals surface area contributed by atoms with Crippen LogP contribution in [-0.4, -0.2) is 78.9 Å². The second kappa shape index (κ2) is 12.6. The Kier molecular flexibility index (Phi) is 8.76. The molecule has 2 heterocycles. The molecule has 1 unspecified atom stereocenters. The number of hydrogen-bond acceptors (Lipinski definition) is 9. The van der Waals surface area contributed by atoms with Gasteiger partial charge in [0.2, 0.25) is 0 Å². The van der Waals surface area contributed by atoms with Gasteiger partial charge in [0.15, 0.2) is 5.96 Å². The Hall–Kier alpha value is -4.32. The minimum Gasteiger partial charge on any atom is -0.480 e. The summed E-state index contributed by atoms with van der Waals surface area (Å²) in [6.07, 6.45) is 7.34. The zero-order valence-electron chi connectivity index (χ0n) is 20.3. The maximum atomic E-state index is 12.7. The van der Waals surface area contributed by atoms with Crippen LogP contribution in [0.1, 0.15) is 12.0 Å². The highest BCUT2D eigenvalue weighted by Gasteiger charge is 2.26. The smallest absolute Gasteiger partial charge is 0.408 e. The lowest BCUT2D eigenvalue weighted by atomic mass is 9.99. The SMILES string of the molecule is O=C(N[C@@H](CNC(=O)C1=CC2NN(CCCNC3=NCCN3)C=C2C=C1)C(=O)O)OCc1ccccc1. The third-order valence-electron chi connectivity index (χ3n) is 5.84. The van der Waals surface area contributed by atoms with Crippen molar-refractivity contribution in [2.24, 2.45) is 4.99 Å². The molecule has 0 saturated carbocycles. The second-order valence-corrected chi connectivity index (χ2v) is 8.63. The van der Waals surface area contributed by atoms with Gasteiger partial charge in [0.05, 0.1) is 12.6 Å². The van der Waals surface area contributed by atoms with Crippen LogP contribution in [0.3, 0.4) is 0 Å². The van der Waals surface area contributed by atoms with Gasteiger partial charge in [-0.1, -0.05) is 36.4 Å². The Labute approximate surface area is 214 Å². The number of amides is 2. The van der Waals surface area contributed by atoms with Crippen LogP contribution in [0.2, 0.25) is 0 Å². The van der Waals surface area contributed by atoms with E-state index in [1.54, 1.807) is 36.4 Å². The lowest BCUT2D eigenvalue weighted by Gasteiger charge is -2.20. The van der Waals surface area contributed by atoms with E-state index in [0.29, 0.717) is 5.57 Å². The Morgan fingerprint density at radius 3 is 2.81 bits per heavy atom. The molecule has 2 aliphatic heterocycles. The maximum absolute atomic E-state index is 12.7. The number of guanidine groups is 1. The molecule has 1 aromatic rings. The number of fused-ring (bicyclic) bond motifs is 1. The van der Waals surface area contributed by atoms with Crippen molar-refractivity contribution in [2.45, 2.75) is 25.1 Å². The number of nitrogens with one attached hydrogen (secondary N) is 5. The largest absolute Gasteiger partial charge is 0.480 e. The number of carbonyl (C=O) groups excluding carboxylic acids is 2. The predicted molar refractivity (Wildman–Crippen MR) is 136 cm³/mol. The summed E-state index contributed by atoms with van der Waals surface area (Å²) in [5.41, 5.74) is 5.53. The molecule has 0 saturated heterocycles. The van der Waals surface area contributed by atoms with Crippen molar-refractivity contribution < 1.29 is 24.2 Å². The van der Waals surface area contributed by atoms with Gasteiger partial charge in [-0.25, -0.2) is 15.0 Å². The first-order valence-corrected chi connectivity index (χ1v) is 12.1. The fourth-order valence-electron chi connectivity index (χ4n) is 3.91. The Morgan fingerprint density at radius 1 is 1.22 bits per heavy atom. The molecule has 0 fully saturated rings. The Balaban J connectivity index is 1.19. The van der Waals surface area contributed by atoms with Gasteiger partial charge < -0.3 is 36.1 Å². The predicted octanol–water partition coefficient (Wildman–Crippen LogP) is -0.01000. The standard InChI is InChI=1S/C25H31N7O5/c33-22(29-14-21(23(34)35)30-25(36)37-16-17-5-2-1-3-6-17)18-7-8-19-15-32(31-20(19)13-18)12-4-9-26-24-27-10-11-28-24/h1-3,5-8,13,15,20-21,31H,4,9-12,14,16H2,(H,29,33)(H,30,36)(H,34,35)(H2,26,27,28)/t20?,21-/m0/s1. The third kappa shape index (κ3) is 7.58. The summed E-state index contributed by atoms with van der Waals surface area (Å²) >= 11 is 0. The van der Waals surface area contributed by atoms with Crippen LogP contribution < -0.4 is 26.7 Å². The zero-order valence-corrected chi connectivity index (χ0v) is 20.3. The van der Waals surface area contributed by atoms with E-state index in [2.05, 4.69) is 31.7 Å². The van der Waals surface area contributed by atoms with Gasteiger partial charge in [-0.2, -0.15) is 0 Å². The number of benzene rings is 1. The number of carboxylic acid groups (broad SMARTS) is 1. The van der Waals surface area contributed by atoms with Gasteiger partial charge in [0, 0.05) is 38.0 Å². The molecule has 2 atom stereocenters. The summed E-state index contributed by atoms with van der Waals surface area (Å²) < 4.78 is 5.07. The monoisotopic (exact) mass is 509 g/mol. The number of carbonyl (C=O) groups is 3. The molecule has 0 bridgehead atoms. The van der Waals surface area contributed by atoms with E-state index in [9.17, 15) is 19.5 Å². The normalized spacial score (nSPS) is 18.5. The van der Waals surface area contributed by atoms with Crippen molar-refractivity contribution >= 4 is 23.9 Å². The number of aliphatic imine (C=N–C) groups is 1. The van der Waals surface area contributed by atoms with E-state index < -0.39 is 24.0 Å². The molecule has 6 N–H and O–H groups in total. The number of ether oxygens (including phenoxy) is 1. The summed E-state index contributed by atoms with van der Waals surface area (Å²) in [7, 11) is 0. The fourth-order valence-corrected chi connectivity index (χ4v) is 3.91. The topological polar surface area (TPSA) is 156 Å². The molecule has 0 spiro atoms. The van der Waals surface area contributed by atoms with E-state index in [0.717, 1.165) is 49.7 Å². The molecule has 3 aliphatic rings. The lowest BCUT2D eigenvalue weighted by molar-refractivity contribution is -0.139. The first-order valence-electron chi connectivity index (χ1n) is 12.1. The van der Waals surface area contributed by atoms with E-state index in [4.69, 9.17) is 4.74 Å². The zero-order chi connectivity index (χ0) is 26.0. The third-order valence-corrected chi connectivity index (χ3v) is 5.84. The molecule has 2 amide bonds. The van der Waals surface area contributed by atoms with Crippen LogP contribution in [-0.2, 0) is 20.9 Å².